The Morgan fingerprint density at radius 2 is 2.44 bits per heavy atom. The van der Waals surface area contributed by atoms with Crippen molar-refractivity contribution in [3.05, 3.63) is 23.9 Å². The molecule has 0 aliphatic carbocycles. The van der Waals surface area contributed by atoms with Gasteiger partial charge in [-0.05, 0) is 12.5 Å². The Morgan fingerprint density at radius 3 is 3.17 bits per heavy atom. The summed E-state index contributed by atoms with van der Waals surface area (Å²) in [6, 6.07) is 4.47. The Bertz CT molecular complexity index is 363. The zero-order chi connectivity index (χ0) is 12.8. The van der Waals surface area contributed by atoms with E-state index < -0.39 is 0 Å². The highest BCUT2D eigenvalue weighted by Crippen LogP contribution is 2.18. The van der Waals surface area contributed by atoms with E-state index in [0.29, 0.717) is 18.6 Å². The predicted octanol–water partition coefficient (Wildman–Crippen LogP) is 1.99. The van der Waals surface area contributed by atoms with Crippen LogP contribution < -0.4 is 10.1 Å². The summed E-state index contributed by atoms with van der Waals surface area (Å²) in [5, 5.41) is 3.39. The fourth-order valence-electron chi connectivity index (χ4n) is 1.91. The van der Waals surface area contributed by atoms with Gasteiger partial charge in [-0.1, -0.05) is 19.9 Å². The lowest BCUT2D eigenvalue weighted by molar-refractivity contribution is 0.165. The molecule has 0 amide bonds. The van der Waals surface area contributed by atoms with Crippen molar-refractivity contribution in [2.45, 2.75) is 32.9 Å². The first-order valence-electron chi connectivity index (χ1n) is 6.63. The van der Waals surface area contributed by atoms with Gasteiger partial charge in [0.15, 0.2) is 0 Å². The average Bonchev–Trinajstić information content (AvgIpc) is 2.88. The summed E-state index contributed by atoms with van der Waals surface area (Å²) in [5.41, 5.74) is 1.12. The van der Waals surface area contributed by atoms with Gasteiger partial charge < -0.3 is 14.8 Å². The first kappa shape index (κ1) is 13.3. The molecule has 1 aromatic rings. The zero-order valence-electron chi connectivity index (χ0n) is 11.2. The van der Waals surface area contributed by atoms with Crippen LogP contribution in [0.1, 0.15) is 25.8 Å². The Kier molecular flexibility index (Phi) is 4.96. The fourth-order valence-corrected chi connectivity index (χ4v) is 1.91. The molecule has 0 radical (unpaired) electrons. The van der Waals surface area contributed by atoms with Crippen molar-refractivity contribution < 1.29 is 9.47 Å². The summed E-state index contributed by atoms with van der Waals surface area (Å²) in [6.45, 7) is 7.43. The molecule has 4 heteroatoms. The largest absolute Gasteiger partial charge is 0.477 e. The van der Waals surface area contributed by atoms with Crippen LogP contribution in [-0.2, 0) is 11.3 Å². The summed E-state index contributed by atoms with van der Waals surface area (Å²) in [6.07, 6.45) is 2.87. The maximum Gasteiger partial charge on any atom is 0.217 e. The third-order valence-electron chi connectivity index (χ3n) is 3.03. The van der Waals surface area contributed by atoms with E-state index in [1.807, 2.05) is 6.07 Å². The Labute approximate surface area is 109 Å². The summed E-state index contributed by atoms with van der Waals surface area (Å²) >= 11 is 0. The van der Waals surface area contributed by atoms with Gasteiger partial charge in [-0.15, -0.1) is 0 Å². The number of nitrogens with one attached hydrogen (secondary N) is 1. The molecule has 0 saturated carbocycles. The number of ether oxygens (including phenoxy) is 2. The highest BCUT2D eigenvalue weighted by molar-refractivity contribution is 5.25. The summed E-state index contributed by atoms with van der Waals surface area (Å²) < 4.78 is 11.2. The predicted molar refractivity (Wildman–Crippen MR) is 70.6 cm³/mol. The summed E-state index contributed by atoms with van der Waals surface area (Å²) in [7, 11) is 0. The monoisotopic (exact) mass is 250 g/mol. The molecule has 2 heterocycles. The van der Waals surface area contributed by atoms with Crippen LogP contribution in [0.3, 0.4) is 0 Å². The standard InChI is InChI=1S/C14H22N2O2/c1-11(2)16-8-13-4-3-6-15-14(13)18-10-12-5-7-17-9-12/h3-4,6,11-12,16H,5,7-10H2,1-2H3. The van der Waals surface area contributed by atoms with Crippen molar-refractivity contribution in [1.82, 2.24) is 10.3 Å². The molecule has 1 aromatic heterocycles. The zero-order valence-corrected chi connectivity index (χ0v) is 11.2. The van der Waals surface area contributed by atoms with Gasteiger partial charge in [-0.25, -0.2) is 4.98 Å². The third kappa shape index (κ3) is 3.96. The number of aromatic nitrogens is 1. The van der Waals surface area contributed by atoms with Crippen LogP contribution in [-0.4, -0.2) is 30.8 Å². The molecule has 0 bridgehead atoms. The smallest absolute Gasteiger partial charge is 0.217 e. The van der Waals surface area contributed by atoms with Crippen molar-refractivity contribution in [1.29, 1.82) is 0 Å². The number of hydrogen-bond donors (Lipinski definition) is 1. The summed E-state index contributed by atoms with van der Waals surface area (Å²) in [5.74, 6) is 1.26. The minimum absolute atomic E-state index is 0.460. The van der Waals surface area contributed by atoms with E-state index in [0.717, 1.165) is 37.6 Å². The van der Waals surface area contributed by atoms with Crippen LogP contribution in [0.4, 0.5) is 0 Å². The second-order valence-electron chi connectivity index (χ2n) is 5.04. The molecule has 2 rings (SSSR count). The first-order chi connectivity index (χ1) is 8.75. The average molecular weight is 250 g/mol. The van der Waals surface area contributed by atoms with Crippen LogP contribution in [0.2, 0.25) is 0 Å². The van der Waals surface area contributed by atoms with Crippen LogP contribution >= 0.6 is 0 Å². The van der Waals surface area contributed by atoms with E-state index in [1.165, 1.54) is 0 Å². The van der Waals surface area contributed by atoms with Crippen molar-refractivity contribution in [2.75, 3.05) is 19.8 Å². The van der Waals surface area contributed by atoms with Crippen molar-refractivity contribution in [2.24, 2.45) is 5.92 Å². The third-order valence-corrected chi connectivity index (χ3v) is 3.03. The fraction of sp³-hybridized carbons (Fsp3) is 0.643. The highest BCUT2D eigenvalue weighted by Gasteiger charge is 2.17. The quantitative estimate of drug-likeness (QED) is 0.838. The SMILES string of the molecule is CC(C)NCc1cccnc1OCC1CCOC1. The Hall–Kier alpha value is -1.13. The van der Waals surface area contributed by atoms with Gasteiger partial charge in [0.25, 0.3) is 0 Å². The molecule has 1 unspecified atom stereocenters. The number of rotatable bonds is 6. The summed E-state index contributed by atoms with van der Waals surface area (Å²) in [4.78, 5) is 4.31. The maximum absolute atomic E-state index is 5.82. The van der Waals surface area contributed by atoms with Crippen molar-refractivity contribution >= 4 is 0 Å². The molecular weight excluding hydrogens is 228 g/mol. The number of nitrogens with zero attached hydrogens (tertiary/aromatic N) is 1. The molecule has 1 aliphatic rings. The van der Waals surface area contributed by atoms with Crippen LogP contribution in [0.5, 0.6) is 5.88 Å². The highest BCUT2D eigenvalue weighted by atomic mass is 16.5. The maximum atomic E-state index is 5.82. The molecule has 0 spiro atoms. The molecule has 1 aliphatic heterocycles. The lowest BCUT2D eigenvalue weighted by Crippen LogP contribution is -2.22. The molecule has 4 nitrogen and oxygen atoms in total. The van der Waals surface area contributed by atoms with E-state index in [2.05, 4.69) is 30.2 Å². The molecule has 18 heavy (non-hydrogen) atoms. The van der Waals surface area contributed by atoms with Crippen molar-refractivity contribution in [3.63, 3.8) is 0 Å². The van der Waals surface area contributed by atoms with Crippen LogP contribution in [0.15, 0.2) is 18.3 Å². The van der Waals surface area contributed by atoms with E-state index in [1.54, 1.807) is 6.20 Å². The van der Waals surface area contributed by atoms with Gasteiger partial charge in [0.1, 0.15) is 0 Å². The Morgan fingerprint density at radius 1 is 1.56 bits per heavy atom. The second kappa shape index (κ2) is 6.71. The topological polar surface area (TPSA) is 43.4 Å². The van der Waals surface area contributed by atoms with E-state index in [4.69, 9.17) is 9.47 Å². The molecule has 1 fully saturated rings. The lowest BCUT2D eigenvalue weighted by Gasteiger charge is -2.14. The van der Waals surface area contributed by atoms with E-state index in [-0.39, 0.29) is 0 Å². The van der Waals surface area contributed by atoms with E-state index in [9.17, 15) is 0 Å². The Balaban J connectivity index is 1.89. The molecule has 1 saturated heterocycles. The van der Waals surface area contributed by atoms with E-state index >= 15 is 0 Å². The van der Waals surface area contributed by atoms with Gasteiger partial charge in [0.05, 0.1) is 13.2 Å². The van der Waals surface area contributed by atoms with Gasteiger partial charge in [-0.2, -0.15) is 0 Å². The van der Waals surface area contributed by atoms with Gasteiger partial charge in [-0.3, -0.25) is 0 Å². The van der Waals surface area contributed by atoms with Crippen molar-refractivity contribution in [3.8, 4) is 5.88 Å². The number of pyridine rings is 1. The van der Waals surface area contributed by atoms with Gasteiger partial charge in [0, 0.05) is 36.9 Å². The van der Waals surface area contributed by atoms with Crippen LogP contribution in [0, 0.1) is 5.92 Å². The molecule has 100 valence electrons. The minimum Gasteiger partial charge on any atom is -0.477 e. The normalized spacial score (nSPS) is 19.4. The minimum atomic E-state index is 0.460. The van der Waals surface area contributed by atoms with Gasteiger partial charge in [0.2, 0.25) is 5.88 Å². The molecule has 0 aromatic carbocycles. The first-order valence-corrected chi connectivity index (χ1v) is 6.63. The van der Waals surface area contributed by atoms with Crippen LogP contribution in [0.25, 0.3) is 0 Å². The van der Waals surface area contributed by atoms with Gasteiger partial charge >= 0.3 is 0 Å². The molecule has 1 N–H and O–H groups in total. The molecular formula is C14H22N2O2. The lowest BCUT2D eigenvalue weighted by atomic mass is 10.1. The second-order valence-corrected chi connectivity index (χ2v) is 5.04. The molecule has 1 atom stereocenters. The number of hydrogen-bond acceptors (Lipinski definition) is 4.